The molecule has 0 saturated carbocycles. The second-order valence-corrected chi connectivity index (χ2v) is 5.55. The van der Waals surface area contributed by atoms with Gasteiger partial charge in [-0.05, 0) is 17.7 Å². The van der Waals surface area contributed by atoms with Crippen LogP contribution < -0.4 is 9.47 Å². The molecule has 4 heteroatoms. The van der Waals surface area contributed by atoms with Crippen LogP contribution in [0.5, 0.6) is 11.5 Å². The Balaban J connectivity index is 1.45. The molecule has 4 nitrogen and oxygen atoms in total. The van der Waals surface area contributed by atoms with E-state index in [-0.39, 0.29) is 0 Å². The van der Waals surface area contributed by atoms with Crippen LogP contribution >= 0.6 is 0 Å². The third kappa shape index (κ3) is 5.27. The van der Waals surface area contributed by atoms with Crippen LogP contribution in [0.3, 0.4) is 0 Å². The lowest BCUT2D eigenvalue weighted by Crippen LogP contribution is -2.38. The molecule has 3 rings (SSSR count). The topological polar surface area (TPSA) is 30.9 Å². The van der Waals surface area contributed by atoms with Gasteiger partial charge in [-0.1, -0.05) is 36.4 Å². The minimum atomic E-state index is 0.568. The number of hydrogen-bond donors (Lipinski definition) is 0. The fourth-order valence-electron chi connectivity index (χ4n) is 2.51. The zero-order valence-electron chi connectivity index (χ0n) is 13.3. The first-order valence-corrected chi connectivity index (χ1v) is 8.10. The number of hydrogen-bond acceptors (Lipinski definition) is 4. The van der Waals surface area contributed by atoms with E-state index in [1.165, 1.54) is 0 Å². The molecule has 0 unspecified atom stereocenters. The van der Waals surface area contributed by atoms with Gasteiger partial charge in [0, 0.05) is 25.7 Å². The number of ether oxygens (including phenoxy) is 3. The van der Waals surface area contributed by atoms with Gasteiger partial charge in [-0.25, -0.2) is 0 Å². The quantitative estimate of drug-likeness (QED) is 0.786. The van der Waals surface area contributed by atoms with E-state index in [2.05, 4.69) is 17.0 Å². The Kier molecular flexibility index (Phi) is 5.89. The van der Waals surface area contributed by atoms with Crippen molar-refractivity contribution in [3.63, 3.8) is 0 Å². The summed E-state index contributed by atoms with van der Waals surface area (Å²) in [5.41, 5.74) is 1.16. The van der Waals surface area contributed by atoms with Crippen LogP contribution in [0, 0.1) is 0 Å². The molecule has 1 heterocycles. The maximum Gasteiger partial charge on any atom is 0.123 e. The van der Waals surface area contributed by atoms with E-state index < -0.39 is 0 Å². The molecular weight excluding hydrogens is 290 g/mol. The number of morpholine rings is 1. The average molecular weight is 313 g/mol. The summed E-state index contributed by atoms with van der Waals surface area (Å²) in [6.45, 7) is 5.80. The summed E-state index contributed by atoms with van der Waals surface area (Å²) in [7, 11) is 0. The predicted molar refractivity (Wildman–Crippen MR) is 90.0 cm³/mol. The van der Waals surface area contributed by atoms with Gasteiger partial charge >= 0.3 is 0 Å². The Morgan fingerprint density at radius 1 is 0.870 bits per heavy atom. The fourth-order valence-corrected chi connectivity index (χ4v) is 2.51. The molecule has 122 valence electrons. The number of nitrogens with zero attached hydrogens (tertiary/aromatic N) is 1. The van der Waals surface area contributed by atoms with Crippen LogP contribution in [0.2, 0.25) is 0 Å². The fraction of sp³-hybridized carbons (Fsp3) is 0.368. The van der Waals surface area contributed by atoms with Gasteiger partial charge in [0.1, 0.15) is 24.7 Å². The Bertz CT molecular complexity index is 582. The van der Waals surface area contributed by atoms with E-state index in [0.29, 0.717) is 13.2 Å². The Morgan fingerprint density at radius 2 is 1.61 bits per heavy atom. The Morgan fingerprint density at radius 3 is 2.39 bits per heavy atom. The van der Waals surface area contributed by atoms with E-state index in [0.717, 1.165) is 49.9 Å². The Hall–Kier alpha value is -2.04. The van der Waals surface area contributed by atoms with Crippen molar-refractivity contribution >= 4 is 0 Å². The lowest BCUT2D eigenvalue weighted by Gasteiger charge is -2.26. The van der Waals surface area contributed by atoms with Crippen LogP contribution in [0.15, 0.2) is 54.6 Å². The van der Waals surface area contributed by atoms with Crippen LogP contribution in [-0.2, 0) is 11.3 Å². The third-order valence-corrected chi connectivity index (χ3v) is 3.83. The lowest BCUT2D eigenvalue weighted by molar-refractivity contribution is 0.0322. The summed E-state index contributed by atoms with van der Waals surface area (Å²) < 4.78 is 17.0. The zero-order chi connectivity index (χ0) is 15.7. The molecule has 0 N–H and O–H groups in total. The first-order valence-electron chi connectivity index (χ1n) is 8.10. The van der Waals surface area contributed by atoms with Crippen LogP contribution in [0.4, 0.5) is 0 Å². The highest BCUT2D eigenvalue weighted by Gasteiger charge is 2.09. The van der Waals surface area contributed by atoms with Gasteiger partial charge in [0.05, 0.1) is 13.2 Å². The van der Waals surface area contributed by atoms with Crippen LogP contribution in [0.1, 0.15) is 5.56 Å². The van der Waals surface area contributed by atoms with Crippen molar-refractivity contribution in [3.8, 4) is 11.5 Å². The van der Waals surface area contributed by atoms with Gasteiger partial charge < -0.3 is 14.2 Å². The summed E-state index contributed by atoms with van der Waals surface area (Å²) >= 11 is 0. The lowest BCUT2D eigenvalue weighted by atomic mass is 10.2. The van der Waals surface area contributed by atoms with E-state index in [4.69, 9.17) is 14.2 Å². The monoisotopic (exact) mass is 313 g/mol. The van der Waals surface area contributed by atoms with E-state index >= 15 is 0 Å². The van der Waals surface area contributed by atoms with Gasteiger partial charge in [0.2, 0.25) is 0 Å². The van der Waals surface area contributed by atoms with Crippen molar-refractivity contribution in [1.82, 2.24) is 4.90 Å². The van der Waals surface area contributed by atoms with Crippen molar-refractivity contribution in [2.75, 3.05) is 39.5 Å². The van der Waals surface area contributed by atoms with Gasteiger partial charge in [-0.3, -0.25) is 4.90 Å². The maximum atomic E-state index is 5.84. The smallest absolute Gasteiger partial charge is 0.123 e. The molecule has 0 radical (unpaired) electrons. The summed E-state index contributed by atoms with van der Waals surface area (Å²) in [6.07, 6.45) is 0. The third-order valence-electron chi connectivity index (χ3n) is 3.83. The van der Waals surface area contributed by atoms with Crippen molar-refractivity contribution in [1.29, 1.82) is 0 Å². The summed E-state index contributed by atoms with van der Waals surface area (Å²) in [5, 5.41) is 0. The molecule has 0 amide bonds. The van der Waals surface area contributed by atoms with E-state index in [1.54, 1.807) is 0 Å². The number of benzene rings is 2. The van der Waals surface area contributed by atoms with Crippen molar-refractivity contribution in [2.45, 2.75) is 6.61 Å². The average Bonchev–Trinajstić information content (AvgIpc) is 2.62. The van der Waals surface area contributed by atoms with Gasteiger partial charge in [-0.15, -0.1) is 0 Å². The highest BCUT2D eigenvalue weighted by atomic mass is 16.5. The van der Waals surface area contributed by atoms with Crippen LogP contribution in [0.25, 0.3) is 0 Å². The van der Waals surface area contributed by atoms with E-state index in [9.17, 15) is 0 Å². The second kappa shape index (κ2) is 8.56. The zero-order valence-corrected chi connectivity index (χ0v) is 13.3. The SMILES string of the molecule is c1ccc(COc2cccc(OCCN3CCOCC3)c2)cc1. The molecule has 0 atom stereocenters. The standard InChI is InChI=1S/C19H23NO3/c1-2-5-17(6-3-1)16-23-19-8-4-7-18(15-19)22-14-11-20-9-12-21-13-10-20/h1-8,15H,9-14,16H2. The van der Waals surface area contributed by atoms with Gasteiger partial charge in [0.15, 0.2) is 0 Å². The first-order chi connectivity index (χ1) is 11.4. The normalized spacial score (nSPS) is 15.3. The van der Waals surface area contributed by atoms with Crippen molar-refractivity contribution < 1.29 is 14.2 Å². The molecule has 1 aliphatic rings. The van der Waals surface area contributed by atoms with Gasteiger partial charge in [0.25, 0.3) is 0 Å². The predicted octanol–water partition coefficient (Wildman–Crippen LogP) is 2.98. The summed E-state index contributed by atoms with van der Waals surface area (Å²) in [5.74, 6) is 1.68. The molecule has 1 saturated heterocycles. The molecule has 0 spiro atoms. The minimum absolute atomic E-state index is 0.568. The summed E-state index contributed by atoms with van der Waals surface area (Å²) in [4.78, 5) is 2.36. The molecule has 0 aromatic heterocycles. The maximum absolute atomic E-state index is 5.84. The molecule has 2 aromatic carbocycles. The molecule has 0 bridgehead atoms. The molecule has 1 aliphatic heterocycles. The highest BCUT2D eigenvalue weighted by Crippen LogP contribution is 2.20. The van der Waals surface area contributed by atoms with Crippen molar-refractivity contribution in [3.05, 3.63) is 60.2 Å². The van der Waals surface area contributed by atoms with E-state index in [1.807, 2.05) is 42.5 Å². The molecule has 0 aliphatic carbocycles. The van der Waals surface area contributed by atoms with Crippen LogP contribution in [-0.4, -0.2) is 44.4 Å². The molecule has 23 heavy (non-hydrogen) atoms. The first kappa shape index (κ1) is 15.8. The largest absolute Gasteiger partial charge is 0.492 e. The highest BCUT2D eigenvalue weighted by molar-refractivity contribution is 5.33. The van der Waals surface area contributed by atoms with Crippen molar-refractivity contribution in [2.24, 2.45) is 0 Å². The number of rotatable bonds is 7. The van der Waals surface area contributed by atoms with Gasteiger partial charge in [-0.2, -0.15) is 0 Å². The molecular formula is C19H23NO3. The summed E-state index contributed by atoms with van der Waals surface area (Å²) in [6, 6.07) is 18.0. The molecule has 1 fully saturated rings. The second-order valence-electron chi connectivity index (χ2n) is 5.55. The minimum Gasteiger partial charge on any atom is -0.492 e. The Labute approximate surface area is 137 Å². The molecule has 2 aromatic rings.